The summed E-state index contributed by atoms with van der Waals surface area (Å²) < 4.78 is 0. The number of rotatable bonds is 5. The molecule has 1 amide bonds. The van der Waals surface area contributed by atoms with Crippen molar-refractivity contribution in [3.05, 3.63) is 0 Å². The van der Waals surface area contributed by atoms with E-state index in [0.717, 1.165) is 6.42 Å². The minimum Gasteiger partial charge on any atom is -0.391 e. The van der Waals surface area contributed by atoms with Crippen molar-refractivity contribution in [3.8, 4) is 0 Å². The fourth-order valence-corrected chi connectivity index (χ4v) is 2.91. The number of hydrogen-bond donors (Lipinski definition) is 2. The van der Waals surface area contributed by atoms with Crippen molar-refractivity contribution in [3.63, 3.8) is 0 Å². The summed E-state index contributed by atoms with van der Waals surface area (Å²) in [4.78, 5) is 11.9. The van der Waals surface area contributed by atoms with Gasteiger partial charge in [-0.2, -0.15) is 0 Å². The summed E-state index contributed by atoms with van der Waals surface area (Å²) in [6.45, 7) is 6.69. The second-order valence-electron chi connectivity index (χ2n) is 7.28. The summed E-state index contributed by atoms with van der Waals surface area (Å²) >= 11 is 0. The van der Waals surface area contributed by atoms with Gasteiger partial charge in [0.05, 0.1) is 6.10 Å². The molecule has 0 heterocycles. The van der Waals surface area contributed by atoms with Crippen molar-refractivity contribution in [2.24, 2.45) is 11.3 Å². The van der Waals surface area contributed by atoms with E-state index in [1.54, 1.807) is 0 Å². The van der Waals surface area contributed by atoms with Crippen molar-refractivity contribution in [2.75, 3.05) is 6.54 Å². The van der Waals surface area contributed by atoms with E-state index in [2.05, 4.69) is 26.1 Å². The molecule has 0 aromatic carbocycles. The van der Waals surface area contributed by atoms with Gasteiger partial charge in [-0.3, -0.25) is 4.79 Å². The van der Waals surface area contributed by atoms with Gasteiger partial charge >= 0.3 is 0 Å². The van der Waals surface area contributed by atoms with Gasteiger partial charge in [-0.15, -0.1) is 0 Å². The summed E-state index contributed by atoms with van der Waals surface area (Å²) in [6, 6.07) is 0. The number of aliphatic hydroxyl groups is 1. The Labute approximate surface area is 118 Å². The minimum absolute atomic E-state index is 0.103. The summed E-state index contributed by atoms with van der Waals surface area (Å²) in [5, 5.41) is 12.8. The summed E-state index contributed by atoms with van der Waals surface area (Å²) in [6.07, 6.45) is 8.49. The second-order valence-corrected chi connectivity index (χ2v) is 7.28. The predicted molar refractivity (Wildman–Crippen MR) is 78.9 cm³/mol. The van der Waals surface area contributed by atoms with Crippen LogP contribution in [0.15, 0.2) is 0 Å². The summed E-state index contributed by atoms with van der Waals surface area (Å²) in [5.41, 5.74) is 0.103. The van der Waals surface area contributed by atoms with Crippen LogP contribution in [0.2, 0.25) is 0 Å². The average molecular weight is 269 g/mol. The summed E-state index contributed by atoms with van der Waals surface area (Å²) in [7, 11) is 0. The third-order valence-electron chi connectivity index (χ3n) is 3.83. The lowest BCUT2D eigenvalue weighted by molar-refractivity contribution is -0.122. The Morgan fingerprint density at radius 1 is 1.21 bits per heavy atom. The van der Waals surface area contributed by atoms with Crippen LogP contribution in [0.3, 0.4) is 0 Å². The van der Waals surface area contributed by atoms with E-state index in [4.69, 9.17) is 0 Å². The zero-order valence-corrected chi connectivity index (χ0v) is 12.9. The standard InChI is InChI=1S/C16H31NO2/c1-16(2,3)11-14(18)12-17-15(19)10-13-8-6-4-5-7-9-13/h13-14,18H,4-12H2,1-3H3,(H,17,19). The highest BCUT2D eigenvalue weighted by molar-refractivity contribution is 5.76. The Morgan fingerprint density at radius 2 is 1.79 bits per heavy atom. The topological polar surface area (TPSA) is 49.3 Å². The molecule has 1 aliphatic carbocycles. The van der Waals surface area contributed by atoms with Crippen LogP contribution in [0.5, 0.6) is 0 Å². The maximum Gasteiger partial charge on any atom is 0.220 e. The van der Waals surface area contributed by atoms with Gasteiger partial charge in [0, 0.05) is 13.0 Å². The molecule has 1 rings (SSSR count). The van der Waals surface area contributed by atoms with Gasteiger partial charge < -0.3 is 10.4 Å². The fraction of sp³-hybridized carbons (Fsp3) is 0.938. The maximum absolute atomic E-state index is 11.9. The van der Waals surface area contributed by atoms with Crippen molar-refractivity contribution in [1.29, 1.82) is 0 Å². The van der Waals surface area contributed by atoms with Gasteiger partial charge in [-0.25, -0.2) is 0 Å². The largest absolute Gasteiger partial charge is 0.391 e. The smallest absolute Gasteiger partial charge is 0.220 e. The molecule has 1 fully saturated rings. The van der Waals surface area contributed by atoms with Gasteiger partial charge in [-0.1, -0.05) is 46.5 Å². The first-order valence-corrected chi connectivity index (χ1v) is 7.81. The number of hydrogen-bond acceptors (Lipinski definition) is 2. The molecule has 2 N–H and O–H groups in total. The van der Waals surface area contributed by atoms with Crippen LogP contribution in [0.25, 0.3) is 0 Å². The van der Waals surface area contributed by atoms with Crippen LogP contribution < -0.4 is 5.32 Å². The Morgan fingerprint density at radius 3 is 2.32 bits per heavy atom. The summed E-state index contributed by atoms with van der Waals surface area (Å²) in [5.74, 6) is 0.669. The zero-order valence-electron chi connectivity index (χ0n) is 12.9. The van der Waals surface area contributed by atoms with Crippen molar-refractivity contribution in [1.82, 2.24) is 5.32 Å². The fourth-order valence-electron chi connectivity index (χ4n) is 2.91. The highest BCUT2D eigenvalue weighted by Gasteiger charge is 2.19. The Balaban J connectivity index is 2.19. The first-order chi connectivity index (χ1) is 8.87. The van der Waals surface area contributed by atoms with E-state index in [9.17, 15) is 9.90 Å². The first kappa shape index (κ1) is 16.5. The lowest BCUT2D eigenvalue weighted by Gasteiger charge is -2.22. The van der Waals surface area contributed by atoms with Crippen molar-refractivity contribution in [2.45, 2.75) is 78.2 Å². The number of amides is 1. The number of carbonyl (C=O) groups is 1. The van der Waals surface area contributed by atoms with E-state index >= 15 is 0 Å². The molecule has 0 aliphatic heterocycles. The monoisotopic (exact) mass is 269 g/mol. The third-order valence-corrected chi connectivity index (χ3v) is 3.83. The van der Waals surface area contributed by atoms with Crippen LogP contribution in [0, 0.1) is 11.3 Å². The normalized spacial score (nSPS) is 19.8. The molecule has 1 unspecified atom stereocenters. The maximum atomic E-state index is 11.9. The molecule has 3 nitrogen and oxygen atoms in total. The molecule has 19 heavy (non-hydrogen) atoms. The van der Waals surface area contributed by atoms with E-state index in [1.807, 2.05) is 0 Å². The van der Waals surface area contributed by atoms with Gasteiger partial charge in [0.25, 0.3) is 0 Å². The molecule has 0 aromatic rings. The molecule has 0 radical (unpaired) electrons. The molecule has 0 spiro atoms. The SMILES string of the molecule is CC(C)(C)CC(O)CNC(=O)CC1CCCCCC1. The molecule has 0 aromatic heterocycles. The molecule has 3 heteroatoms. The molecule has 1 aliphatic rings. The molecule has 0 bridgehead atoms. The highest BCUT2D eigenvalue weighted by atomic mass is 16.3. The lowest BCUT2D eigenvalue weighted by atomic mass is 9.89. The molecule has 0 saturated heterocycles. The third kappa shape index (κ3) is 8.25. The van der Waals surface area contributed by atoms with Gasteiger partial charge in [0.2, 0.25) is 5.91 Å². The molecule has 112 valence electrons. The van der Waals surface area contributed by atoms with E-state index in [0.29, 0.717) is 18.9 Å². The lowest BCUT2D eigenvalue weighted by Crippen LogP contribution is -2.35. The van der Waals surface area contributed by atoms with E-state index < -0.39 is 6.10 Å². The van der Waals surface area contributed by atoms with Crippen LogP contribution in [0.1, 0.15) is 72.1 Å². The van der Waals surface area contributed by atoms with Crippen molar-refractivity contribution < 1.29 is 9.90 Å². The van der Waals surface area contributed by atoms with Gasteiger partial charge in [0.1, 0.15) is 0 Å². The molecule has 1 saturated carbocycles. The number of nitrogens with one attached hydrogen (secondary N) is 1. The highest BCUT2D eigenvalue weighted by Crippen LogP contribution is 2.25. The van der Waals surface area contributed by atoms with Gasteiger partial charge in [-0.05, 0) is 30.6 Å². The second kappa shape index (κ2) is 7.88. The Bertz CT molecular complexity index is 262. The zero-order chi connectivity index (χ0) is 14.3. The Hall–Kier alpha value is -0.570. The number of carbonyl (C=O) groups excluding carboxylic acids is 1. The predicted octanol–water partition coefficient (Wildman–Crippen LogP) is 3.26. The number of aliphatic hydroxyl groups excluding tert-OH is 1. The van der Waals surface area contributed by atoms with Crippen LogP contribution >= 0.6 is 0 Å². The molecular weight excluding hydrogens is 238 g/mol. The van der Waals surface area contributed by atoms with Crippen LogP contribution in [-0.4, -0.2) is 23.7 Å². The average Bonchev–Trinajstić information content (AvgIpc) is 2.53. The molecular formula is C16H31NO2. The van der Waals surface area contributed by atoms with Crippen molar-refractivity contribution >= 4 is 5.91 Å². The van der Waals surface area contributed by atoms with E-state index in [1.165, 1.54) is 38.5 Å². The van der Waals surface area contributed by atoms with E-state index in [-0.39, 0.29) is 11.3 Å². The van der Waals surface area contributed by atoms with Crippen LogP contribution in [-0.2, 0) is 4.79 Å². The minimum atomic E-state index is -0.432. The quantitative estimate of drug-likeness (QED) is 0.753. The first-order valence-electron chi connectivity index (χ1n) is 7.81. The molecule has 1 atom stereocenters. The van der Waals surface area contributed by atoms with Crippen LogP contribution in [0.4, 0.5) is 0 Å². The van der Waals surface area contributed by atoms with Gasteiger partial charge in [0.15, 0.2) is 0 Å². The Kier molecular flexibility index (Phi) is 6.84.